The second-order valence-corrected chi connectivity index (χ2v) is 9.92. The monoisotopic (exact) mass is 495 g/mol. The number of para-hydroxylation sites is 2. The molecule has 2 amide bonds. The van der Waals surface area contributed by atoms with Crippen molar-refractivity contribution in [3.05, 3.63) is 94.9 Å². The highest BCUT2D eigenvalue weighted by atomic mass is 32.2. The highest BCUT2D eigenvalue weighted by Crippen LogP contribution is 2.34. The lowest BCUT2D eigenvalue weighted by Gasteiger charge is -2.13. The number of nitrogens with zero attached hydrogens (tertiary/aromatic N) is 1. The fourth-order valence-corrected chi connectivity index (χ4v) is 4.96. The summed E-state index contributed by atoms with van der Waals surface area (Å²) >= 11 is 0.786. The van der Waals surface area contributed by atoms with Gasteiger partial charge in [0.05, 0.1) is 11.4 Å². The summed E-state index contributed by atoms with van der Waals surface area (Å²) in [6.45, 7) is 2.11. The molecule has 0 bridgehead atoms. The average molecular weight is 496 g/mol. The van der Waals surface area contributed by atoms with Gasteiger partial charge < -0.3 is 8.92 Å². The first-order valence-electron chi connectivity index (χ1n) is 10.4. The van der Waals surface area contributed by atoms with Gasteiger partial charge in [-0.1, -0.05) is 54.1 Å². The number of rotatable bonds is 8. The van der Waals surface area contributed by atoms with Gasteiger partial charge >= 0.3 is 10.1 Å². The lowest BCUT2D eigenvalue weighted by molar-refractivity contribution is -0.123. The highest BCUT2D eigenvalue weighted by molar-refractivity contribution is 8.18. The Labute approximate surface area is 202 Å². The Morgan fingerprint density at radius 1 is 0.912 bits per heavy atom. The first-order valence-corrected chi connectivity index (χ1v) is 12.6. The van der Waals surface area contributed by atoms with E-state index in [0.29, 0.717) is 11.3 Å². The van der Waals surface area contributed by atoms with E-state index in [-0.39, 0.29) is 28.7 Å². The van der Waals surface area contributed by atoms with E-state index in [0.717, 1.165) is 22.2 Å². The Hall–Kier alpha value is -3.56. The van der Waals surface area contributed by atoms with E-state index in [9.17, 15) is 18.0 Å². The van der Waals surface area contributed by atoms with Crippen molar-refractivity contribution in [1.29, 1.82) is 0 Å². The van der Waals surface area contributed by atoms with Gasteiger partial charge in [0.1, 0.15) is 23.0 Å². The molecule has 1 heterocycles. The van der Waals surface area contributed by atoms with Crippen molar-refractivity contribution in [3.8, 4) is 11.5 Å². The van der Waals surface area contributed by atoms with Gasteiger partial charge in [0.25, 0.3) is 11.1 Å². The number of hydrogen-bond donors (Lipinski definition) is 0. The van der Waals surface area contributed by atoms with Gasteiger partial charge in [0.2, 0.25) is 0 Å². The lowest BCUT2D eigenvalue weighted by atomic mass is 10.2. The molecule has 0 saturated carbocycles. The van der Waals surface area contributed by atoms with E-state index in [1.165, 1.54) is 24.3 Å². The van der Waals surface area contributed by atoms with Crippen molar-refractivity contribution in [2.75, 3.05) is 13.2 Å². The summed E-state index contributed by atoms with van der Waals surface area (Å²) < 4.78 is 36.4. The van der Waals surface area contributed by atoms with Crippen LogP contribution in [0.3, 0.4) is 0 Å². The van der Waals surface area contributed by atoms with Gasteiger partial charge in [-0.3, -0.25) is 14.5 Å². The van der Waals surface area contributed by atoms with Crippen LogP contribution in [0.25, 0.3) is 6.08 Å². The van der Waals surface area contributed by atoms with Gasteiger partial charge in [-0.2, -0.15) is 8.42 Å². The molecule has 1 aliphatic rings. The zero-order valence-corrected chi connectivity index (χ0v) is 19.8. The Balaban J connectivity index is 1.49. The lowest BCUT2D eigenvalue weighted by Crippen LogP contribution is -2.32. The number of benzene rings is 3. The molecule has 1 fully saturated rings. The maximum absolute atomic E-state index is 12.8. The quantitative estimate of drug-likeness (QED) is 0.325. The number of ether oxygens (including phenoxy) is 1. The summed E-state index contributed by atoms with van der Waals surface area (Å²) in [5, 5.41) is -0.418. The van der Waals surface area contributed by atoms with Gasteiger partial charge in [0.15, 0.2) is 0 Å². The highest BCUT2D eigenvalue weighted by Gasteiger charge is 2.35. The average Bonchev–Trinajstić information content (AvgIpc) is 3.08. The molecular weight excluding hydrogens is 474 g/mol. The SMILES string of the molecule is Cc1ccc(S(=O)(=O)Oc2ccccc2/C=C2\SC(=O)N(CCOc3ccccc3)C2=O)cc1. The molecule has 1 saturated heterocycles. The van der Waals surface area contributed by atoms with Crippen molar-refractivity contribution in [1.82, 2.24) is 4.90 Å². The van der Waals surface area contributed by atoms with E-state index in [1.54, 1.807) is 42.5 Å². The number of imide groups is 1. The summed E-state index contributed by atoms with van der Waals surface area (Å²) in [5.74, 6) is 0.232. The van der Waals surface area contributed by atoms with Crippen LogP contribution in [-0.2, 0) is 14.9 Å². The van der Waals surface area contributed by atoms with Crippen LogP contribution in [0.2, 0.25) is 0 Å². The Kier molecular flexibility index (Phi) is 7.04. The summed E-state index contributed by atoms with van der Waals surface area (Å²) in [4.78, 5) is 26.5. The standard InChI is InChI=1S/C25H21NO6S2/c1-18-11-13-21(14-12-18)34(29,30)32-22-10-6-5-7-19(22)17-23-24(27)26(25(28)33-23)15-16-31-20-8-3-2-4-9-20/h2-14,17H,15-16H2,1H3/b23-17-. The van der Waals surface area contributed by atoms with E-state index in [4.69, 9.17) is 8.92 Å². The molecule has 34 heavy (non-hydrogen) atoms. The Morgan fingerprint density at radius 3 is 2.32 bits per heavy atom. The van der Waals surface area contributed by atoms with E-state index in [1.807, 2.05) is 25.1 Å². The van der Waals surface area contributed by atoms with Crippen LogP contribution in [0, 0.1) is 6.92 Å². The first-order chi connectivity index (χ1) is 16.3. The zero-order chi connectivity index (χ0) is 24.1. The number of carbonyl (C=O) groups is 2. The summed E-state index contributed by atoms with van der Waals surface area (Å²) in [5.41, 5.74) is 1.29. The predicted molar refractivity (Wildman–Crippen MR) is 130 cm³/mol. The maximum Gasteiger partial charge on any atom is 0.339 e. The molecule has 3 aromatic carbocycles. The van der Waals surface area contributed by atoms with E-state index in [2.05, 4.69) is 0 Å². The third kappa shape index (κ3) is 5.49. The molecule has 174 valence electrons. The second-order valence-electron chi connectivity index (χ2n) is 7.38. The molecule has 0 atom stereocenters. The maximum atomic E-state index is 12.8. The van der Waals surface area contributed by atoms with Gasteiger partial charge in [-0.25, -0.2) is 0 Å². The fourth-order valence-electron chi connectivity index (χ4n) is 3.15. The third-order valence-corrected chi connectivity index (χ3v) is 7.07. The van der Waals surface area contributed by atoms with Crippen molar-refractivity contribution < 1.29 is 26.9 Å². The van der Waals surface area contributed by atoms with Crippen LogP contribution in [0.5, 0.6) is 11.5 Å². The molecule has 0 spiro atoms. The van der Waals surface area contributed by atoms with Gasteiger partial charge in [-0.05, 0) is 55.1 Å². The zero-order valence-electron chi connectivity index (χ0n) is 18.2. The molecule has 0 N–H and O–H groups in total. The number of thioether (sulfide) groups is 1. The van der Waals surface area contributed by atoms with Crippen LogP contribution in [-0.4, -0.2) is 37.6 Å². The molecule has 9 heteroatoms. The third-order valence-electron chi connectivity index (χ3n) is 4.92. The molecule has 3 aromatic rings. The second kappa shape index (κ2) is 10.1. The van der Waals surface area contributed by atoms with Crippen LogP contribution in [0.4, 0.5) is 4.79 Å². The molecule has 0 unspecified atom stereocenters. The van der Waals surface area contributed by atoms with Crippen LogP contribution in [0.1, 0.15) is 11.1 Å². The first kappa shape index (κ1) is 23.6. The van der Waals surface area contributed by atoms with Gasteiger partial charge in [-0.15, -0.1) is 0 Å². The smallest absolute Gasteiger partial charge is 0.339 e. The van der Waals surface area contributed by atoms with E-state index < -0.39 is 21.3 Å². The molecule has 0 aliphatic carbocycles. The largest absolute Gasteiger partial charge is 0.492 e. The fraction of sp³-hybridized carbons (Fsp3) is 0.120. The number of amides is 2. The van der Waals surface area contributed by atoms with Gasteiger partial charge in [0, 0.05) is 5.56 Å². The molecular formula is C25H21NO6S2. The molecule has 1 aliphatic heterocycles. The number of carbonyl (C=O) groups excluding carboxylic acids is 2. The van der Waals surface area contributed by atoms with Crippen molar-refractivity contribution in [2.24, 2.45) is 0 Å². The Morgan fingerprint density at radius 2 is 1.59 bits per heavy atom. The summed E-state index contributed by atoms with van der Waals surface area (Å²) in [6.07, 6.45) is 1.46. The number of hydrogen-bond acceptors (Lipinski definition) is 7. The van der Waals surface area contributed by atoms with E-state index >= 15 is 0 Å². The normalized spacial score (nSPS) is 15.1. The molecule has 4 rings (SSSR count). The molecule has 7 nitrogen and oxygen atoms in total. The van der Waals surface area contributed by atoms with Crippen LogP contribution >= 0.6 is 11.8 Å². The predicted octanol–water partition coefficient (Wildman–Crippen LogP) is 4.88. The van der Waals surface area contributed by atoms with Crippen molar-refractivity contribution in [2.45, 2.75) is 11.8 Å². The minimum absolute atomic E-state index is 0.0200. The van der Waals surface area contributed by atoms with Crippen molar-refractivity contribution in [3.63, 3.8) is 0 Å². The molecule has 0 aromatic heterocycles. The summed E-state index contributed by atoms with van der Waals surface area (Å²) in [7, 11) is -4.07. The molecule has 0 radical (unpaired) electrons. The Bertz CT molecular complexity index is 1340. The summed E-state index contributed by atoms with van der Waals surface area (Å²) in [6, 6.07) is 21.8. The van der Waals surface area contributed by atoms with Crippen LogP contribution in [0.15, 0.2) is 88.7 Å². The van der Waals surface area contributed by atoms with Crippen molar-refractivity contribution >= 4 is 39.1 Å². The minimum atomic E-state index is -4.07. The number of aryl methyl sites for hydroxylation is 1. The van der Waals surface area contributed by atoms with Crippen LogP contribution < -0.4 is 8.92 Å². The minimum Gasteiger partial charge on any atom is -0.492 e. The topological polar surface area (TPSA) is 90.0 Å².